The molecule has 2 amide bonds. The Labute approximate surface area is 252 Å². The van der Waals surface area contributed by atoms with Gasteiger partial charge < -0.3 is 19.9 Å². The first-order valence-electron chi connectivity index (χ1n) is 14.2. The molecule has 10 nitrogen and oxygen atoms in total. The molecular formula is C32H35N5O5S. The van der Waals surface area contributed by atoms with Gasteiger partial charge in [0.05, 0.1) is 11.5 Å². The number of aryl methyl sites for hydroxylation is 2. The normalized spacial score (nSPS) is 13.5. The smallest absolute Gasteiger partial charge is 0.321 e. The SMILES string of the molecule is Cc1ccc(S(=O)(=O)OCCCc2cnc(N3CCN(C(=O)Nc4ccc(OCc5ccccc5)cc4)CC3)nc2)cc1. The topological polar surface area (TPSA) is 114 Å². The number of hydrogen-bond acceptors (Lipinski definition) is 8. The van der Waals surface area contributed by atoms with Gasteiger partial charge in [0.1, 0.15) is 12.4 Å². The highest BCUT2D eigenvalue weighted by atomic mass is 32.2. The predicted molar refractivity (Wildman–Crippen MR) is 165 cm³/mol. The van der Waals surface area contributed by atoms with Gasteiger partial charge in [-0.05, 0) is 67.3 Å². The molecule has 1 aliphatic rings. The number of amides is 2. The number of hydrogen-bond donors (Lipinski definition) is 1. The van der Waals surface area contributed by atoms with Crippen LogP contribution >= 0.6 is 0 Å². The zero-order chi connectivity index (χ0) is 30.1. The minimum atomic E-state index is -3.77. The van der Waals surface area contributed by atoms with Crippen molar-refractivity contribution in [1.29, 1.82) is 0 Å². The van der Waals surface area contributed by atoms with Gasteiger partial charge >= 0.3 is 6.03 Å². The lowest BCUT2D eigenvalue weighted by Crippen LogP contribution is -2.50. The molecule has 1 fully saturated rings. The van der Waals surface area contributed by atoms with Crippen LogP contribution in [0.2, 0.25) is 0 Å². The molecule has 2 heterocycles. The van der Waals surface area contributed by atoms with E-state index in [1.54, 1.807) is 41.6 Å². The van der Waals surface area contributed by atoms with E-state index in [0.29, 0.717) is 57.3 Å². The number of nitrogens with one attached hydrogen (secondary N) is 1. The first kappa shape index (κ1) is 30.0. The molecule has 0 spiro atoms. The lowest BCUT2D eigenvalue weighted by Gasteiger charge is -2.34. The molecule has 43 heavy (non-hydrogen) atoms. The predicted octanol–water partition coefficient (Wildman–Crippen LogP) is 5.06. The molecule has 0 saturated carbocycles. The molecule has 5 rings (SSSR count). The van der Waals surface area contributed by atoms with E-state index >= 15 is 0 Å². The van der Waals surface area contributed by atoms with Crippen LogP contribution in [0.1, 0.15) is 23.1 Å². The van der Waals surface area contributed by atoms with Crippen LogP contribution in [0.25, 0.3) is 0 Å². The molecule has 0 bridgehead atoms. The largest absolute Gasteiger partial charge is 0.489 e. The maximum Gasteiger partial charge on any atom is 0.321 e. The van der Waals surface area contributed by atoms with Crippen LogP contribution in [0.5, 0.6) is 5.75 Å². The fraction of sp³-hybridized carbons (Fsp3) is 0.281. The zero-order valence-electron chi connectivity index (χ0n) is 24.1. The van der Waals surface area contributed by atoms with Crippen molar-refractivity contribution < 1.29 is 22.1 Å². The number of aromatic nitrogens is 2. The lowest BCUT2D eigenvalue weighted by molar-refractivity contribution is 0.208. The van der Waals surface area contributed by atoms with E-state index < -0.39 is 10.1 Å². The number of anilines is 2. The summed E-state index contributed by atoms with van der Waals surface area (Å²) in [5, 5.41) is 2.95. The Morgan fingerprint density at radius 2 is 1.53 bits per heavy atom. The monoisotopic (exact) mass is 601 g/mol. The molecule has 0 aliphatic carbocycles. The van der Waals surface area contributed by atoms with Crippen molar-refractivity contribution in [2.45, 2.75) is 31.3 Å². The summed E-state index contributed by atoms with van der Waals surface area (Å²) in [6, 6.07) is 23.7. The molecule has 0 unspecified atom stereocenters. The van der Waals surface area contributed by atoms with Gasteiger partial charge in [0, 0.05) is 44.3 Å². The number of carbonyl (C=O) groups excluding carboxylic acids is 1. The summed E-state index contributed by atoms with van der Waals surface area (Å²) in [6.07, 6.45) is 4.62. The van der Waals surface area contributed by atoms with Gasteiger partial charge in [0.15, 0.2) is 0 Å². The molecular weight excluding hydrogens is 566 g/mol. The van der Waals surface area contributed by atoms with E-state index in [1.165, 1.54) is 0 Å². The van der Waals surface area contributed by atoms with Crippen LogP contribution in [0, 0.1) is 6.92 Å². The van der Waals surface area contributed by atoms with Gasteiger partial charge in [-0.1, -0.05) is 48.0 Å². The number of benzene rings is 3. The Morgan fingerprint density at radius 1 is 0.860 bits per heavy atom. The van der Waals surface area contributed by atoms with E-state index in [2.05, 4.69) is 15.3 Å². The van der Waals surface area contributed by atoms with Crippen LogP contribution in [0.4, 0.5) is 16.4 Å². The quantitative estimate of drug-likeness (QED) is 0.188. The van der Waals surface area contributed by atoms with Crippen molar-refractivity contribution >= 4 is 27.8 Å². The van der Waals surface area contributed by atoms with Crippen molar-refractivity contribution in [3.63, 3.8) is 0 Å². The number of piperazine rings is 1. The van der Waals surface area contributed by atoms with Crippen LogP contribution in [-0.4, -0.2) is 62.1 Å². The third kappa shape index (κ3) is 8.52. The van der Waals surface area contributed by atoms with E-state index in [-0.39, 0.29) is 17.5 Å². The third-order valence-corrected chi connectivity index (χ3v) is 8.38. The van der Waals surface area contributed by atoms with Crippen molar-refractivity contribution in [3.05, 3.63) is 108 Å². The molecule has 1 N–H and O–H groups in total. The minimum absolute atomic E-state index is 0.0775. The summed E-state index contributed by atoms with van der Waals surface area (Å²) in [5.41, 5.74) is 3.68. The van der Waals surface area contributed by atoms with Crippen LogP contribution in [-0.2, 0) is 27.3 Å². The van der Waals surface area contributed by atoms with Crippen LogP contribution in [0.15, 0.2) is 96.2 Å². The molecule has 0 atom stereocenters. The number of ether oxygens (including phenoxy) is 1. The molecule has 3 aromatic carbocycles. The lowest BCUT2D eigenvalue weighted by atomic mass is 10.2. The first-order chi connectivity index (χ1) is 20.9. The average Bonchev–Trinajstić information content (AvgIpc) is 3.04. The summed E-state index contributed by atoms with van der Waals surface area (Å²) in [6.45, 7) is 4.78. The van der Waals surface area contributed by atoms with Gasteiger partial charge in [-0.25, -0.2) is 14.8 Å². The van der Waals surface area contributed by atoms with Gasteiger partial charge in [-0.15, -0.1) is 0 Å². The summed E-state index contributed by atoms with van der Waals surface area (Å²) < 4.78 is 35.6. The second kappa shape index (κ2) is 14.1. The fourth-order valence-electron chi connectivity index (χ4n) is 4.55. The summed E-state index contributed by atoms with van der Waals surface area (Å²) in [4.78, 5) is 25.8. The Hall–Kier alpha value is -4.48. The van der Waals surface area contributed by atoms with Crippen LogP contribution < -0.4 is 15.0 Å². The van der Waals surface area contributed by atoms with E-state index in [9.17, 15) is 13.2 Å². The summed E-state index contributed by atoms with van der Waals surface area (Å²) in [7, 11) is -3.77. The van der Waals surface area contributed by atoms with E-state index in [4.69, 9.17) is 8.92 Å². The number of nitrogens with zero attached hydrogens (tertiary/aromatic N) is 4. The Kier molecular flexibility index (Phi) is 9.85. The maximum absolute atomic E-state index is 12.8. The Balaban J connectivity index is 1.02. The molecule has 1 aliphatic heterocycles. The molecule has 1 aromatic heterocycles. The third-order valence-electron chi connectivity index (χ3n) is 7.05. The molecule has 4 aromatic rings. The molecule has 11 heteroatoms. The second-order valence-corrected chi connectivity index (χ2v) is 11.9. The van der Waals surface area contributed by atoms with Crippen molar-refractivity contribution in [1.82, 2.24) is 14.9 Å². The van der Waals surface area contributed by atoms with Crippen LogP contribution in [0.3, 0.4) is 0 Å². The number of rotatable bonds is 11. The standard InChI is InChI=1S/C32H35N5O5S/c1-25-9-15-30(16-10-25)43(39,40)42-21-5-8-27-22-33-31(34-23-27)36-17-19-37(20-18-36)32(38)35-28-11-13-29(14-12-28)41-24-26-6-3-2-4-7-26/h2-4,6-7,9-16,22-23H,5,8,17-21,24H2,1H3,(H,35,38). The van der Waals surface area contributed by atoms with E-state index in [0.717, 1.165) is 22.4 Å². The molecule has 0 radical (unpaired) electrons. The average molecular weight is 602 g/mol. The highest BCUT2D eigenvalue weighted by Crippen LogP contribution is 2.19. The maximum atomic E-state index is 12.8. The fourth-order valence-corrected chi connectivity index (χ4v) is 5.49. The highest BCUT2D eigenvalue weighted by molar-refractivity contribution is 7.86. The Bertz CT molecular complexity index is 1570. The number of urea groups is 1. The van der Waals surface area contributed by atoms with Gasteiger partial charge in [0.25, 0.3) is 10.1 Å². The van der Waals surface area contributed by atoms with Gasteiger partial charge in [0.2, 0.25) is 5.95 Å². The summed E-state index contributed by atoms with van der Waals surface area (Å²) in [5.74, 6) is 1.34. The molecule has 1 saturated heterocycles. The number of carbonyl (C=O) groups is 1. The van der Waals surface area contributed by atoms with E-state index in [1.807, 2.05) is 66.4 Å². The van der Waals surface area contributed by atoms with Crippen molar-refractivity contribution in [2.75, 3.05) is 43.0 Å². The van der Waals surface area contributed by atoms with Gasteiger partial charge in [-0.2, -0.15) is 8.42 Å². The Morgan fingerprint density at radius 3 is 2.21 bits per heavy atom. The minimum Gasteiger partial charge on any atom is -0.489 e. The highest BCUT2D eigenvalue weighted by Gasteiger charge is 2.23. The van der Waals surface area contributed by atoms with Crippen molar-refractivity contribution in [3.8, 4) is 5.75 Å². The van der Waals surface area contributed by atoms with Crippen molar-refractivity contribution in [2.24, 2.45) is 0 Å². The summed E-state index contributed by atoms with van der Waals surface area (Å²) >= 11 is 0. The molecule has 224 valence electrons. The zero-order valence-corrected chi connectivity index (χ0v) is 24.9. The first-order valence-corrected chi connectivity index (χ1v) is 15.6. The second-order valence-electron chi connectivity index (χ2n) is 10.3. The van der Waals surface area contributed by atoms with Gasteiger partial charge in [-0.3, -0.25) is 4.18 Å².